The number of nitrogens with two attached hydrogens (primary N) is 1. The lowest BCUT2D eigenvalue weighted by Gasteiger charge is -2.08. The minimum atomic E-state index is -0.250. The SMILES string of the molecule is N#Cc1c(Cl)cccc1OCCCC(=O)NN. The third kappa shape index (κ3) is 3.94. The van der Waals surface area contributed by atoms with Gasteiger partial charge < -0.3 is 4.74 Å². The Labute approximate surface area is 104 Å². The molecule has 17 heavy (non-hydrogen) atoms. The Morgan fingerprint density at radius 2 is 2.35 bits per heavy atom. The number of carbonyl (C=O) groups is 1. The van der Waals surface area contributed by atoms with E-state index in [0.29, 0.717) is 29.4 Å². The molecule has 0 saturated heterocycles. The maximum atomic E-state index is 10.8. The number of hydrazine groups is 1. The quantitative estimate of drug-likeness (QED) is 0.359. The normalized spacial score (nSPS) is 9.47. The summed E-state index contributed by atoms with van der Waals surface area (Å²) in [5.41, 5.74) is 2.33. The summed E-state index contributed by atoms with van der Waals surface area (Å²) in [5.74, 6) is 5.10. The molecule has 1 rings (SSSR count). The smallest absolute Gasteiger partial charge is 0.234 e. The van der Waals surface area contributed by atoms with Gasteiger partial charge in [-0.3, -0.25) is 10.2 Å². The zero-order valence-electron chi connectivity index (χ0n) is 9.07. The van der Waals surface area contributed by atoms with Crippen LogP contribution in [0.4, 0.5) is 0 Å². The lowest BCUT2D eigenvalue weighted by Crippen LogP contribution is -2.29. The highest BCUT2D eigenvalue weighted by Gasteiger charge is 2.07. The molecule has 6 heteroatoms. The fourth-order valence-electron chi connectivity index (χ4n) is 1.22. The van der Waals surface area contributed by atoms with Gasteiger partial charge in [-0.05, 0) is 18.6 Å². The number of nitriles is 1. The molecule has 1 aromatic carbocycles. The van der Waals surface area contributed by atoms with Crippen LogP contribution < -0.4 is 16.0 Å². The van der Waals surface area contributed by atoms with Crippen molar-refractivity contribution in [3.8, 4) is 11.8 Å². The van der Waals surface area contributed by atoms with Crippen molar-refractivity contribution in [1.82, 2.24) is 5.43 Å². The Hall–Kier alpha value is -1.77. The van der Waals surface area contributed by atoms with Crippen molar-refractivity contribution >= 4 is 17.5 Å². The Morgan fingerprint density at radius 3 is 3.00 bits per heavy atom. The van der Waals surface area contributed by atoms with E-state index in [1.165, 1.54) is 0 Å². The summed E-state index contributed by atoms with van der Waals surface area (Å²) in [6.45, 7) is 0.322. The number of rotatable bonds is 5. The van der Waals surface area contributed by atoms with Gasteiger partial charge in [0.05, 0.1) is 11.6 Å². The van der Waals surface area contributed by atoms with E-state index in [1.807, 2.05) is 11.5 Å². The standard InChI is InChI=1S/C11H12ClN3O2/c12-9-3-1-4-10(8(9)7-13)17-6-2-5-11(16)15-14/h1,3-4H,2,5-6,14H2,(H,15,16). The van der Waals surface area contributed by atoms with Gasteiger partial charge in [0.1, 0.15) is 17.4 Å². The summed E-state index contributed by atoms with van der Waals surface area (Å²) in [6, 6.07) is 6.95. The van der Waals surface area contributed by atoms with Gasteiger partial charge in [-0.2, -0.15) is 5.26 Å². The molecule has 1 aromatic rings. The molecule has 0 atom stereocenters. The molecule has 0 heterocycles. The fraction of sp³-hybridized carbons (Fsp3) is 0.273. The predicted molar refractivity (Wildman–Crippen MR) is 63.2 cm³/mol. The summed E-state index contributed by atoms with van der Waals surface area (Å²) in [7, 11) is 0. The van der Waals surface area contributed by atoms with Crippen LogP contribution in [0.5, 0.6) is 5.75 Å². The fourth-order valence-corrected chi connectivity index (χ4v) is 1.43. The topological polar surface area (TPSA) is 88.1 Å². The van der Waals surface area contributed by atoms with Crippen LogP contribution in [0.15, 0.2) is 18.2 Å². The Kier molecular flexibility index (Phi) is 5.27. The van der Waals surface area contributed by atoms with Gasteiger partial charge >= 0.3 is 0 Å². The van der Waals surface area contributed by atoms with E-state index < -0.39 is 0 Å². The molecule has 1 amide bonds. The Bertz CT molecular complexity index is 443. The number of hydrogen-bond acceptors (Lipinski definition) is 4. The zero-order valence-corrected chi connectivity index (χ0v) is 9.83. The van der Waals surface area contributed by atoms with E-state index in [9.17, 15) is 4.79 Å². The highest BCUT2D eigenvalue weighted by molar-refractivity contribution is 6.31. The second-order valence-electron chi connectivity index (χ2n) is 3.24. The molecule has 0 unspecified atom stereocenters. The molecule has 0 fully saturated rings. The first-order valence-corrected chi connectivity index (χ1v) is 5.37. The highest BCUT2D eigenvalue weighted by atomic mass is 35.5. The number of amides is 1. The summed E-state index contributed by atoms with van der Waals surface area (Å²) >= 11 is 5.83. The van der Waals surface area contributed by atoms with Crippen LogP contribution in [-0.2, 0) is 4.79 Å². The number of carbonyl (C=O) groups excluding carboxylic acids is 1. The molecule has 0 aliphatic heterocycles. The third-order valence-electron chi connectivity index (χ3n) is 2.05. The average Bonchev–Trinajstić information content (AvgIpc) is 2.34. The van der Waals surface area contributed by atoms with Crippen molar-refractivity contribution in [1.29, 1.82) is 5.26 Å². The molecule has 0 radical (unpaired) electrons. The molecule has 0 aliphatic carbocycles. The van der Waals surface area contributed by atoms with Crippen LogP contribution in [-0.4, -0.2) is 12.5 Å². The van der Waals surface area contributed by atoms with Gasteiger partial charge in [0.25, 0.3) is 0 Å². The summed E-state index contributed by atoms with van der Waals surface area (Å²) in [6.07, 6.45) is 0.791. The number of nitrogens with zero attached hydrogens (tertiary/aromatic N) is 1. The van der Waals surface area contributed by atoms with Gasteiger partial charge in [-0.25, -0.2) is 5.84 Å². The van der Waals surface area contributed by atoms with Crippen molar-refractivity contribution in [3.63, 3.8) is 0 Å². The van der Waals surface area contributed by atoms with Crippen LogP contribution in [0.25, 0.3) is 0 Å². The van der Waals surface area contributed by atoms with Gasteiger partial charge in [0, 0.05) is 6.42 Å². The van der Waals surface area contributed by atoms with E-state index in [4.69, 9.17) is 27.4 Å². The molecule has 90 valence electrons. The Morgan fingerprint density at radius 1 is 1.59 bits per heavy atom. The second kappa shape index (κ2) is 6.74. The van der Waals surface area contributed by atoms with Crippen LogP contribution >= 0.6 is 11.6 Å². The van der Waals surface area contributed by atoms with E-state index in [-0.39, 0.29) is 12.3 Å². The van der Waals surface area contributed by atoms with Crippen molar-refractivity contribution in [3.05, 3.63) is 28.8 Å². The molecule has 0 saturated carbocycles. The monoisotopic (exact) mass is 253 g/mol. The van der Waals surface area contributed by atoms with Gasteiger partial charge in [-0.15, -0.1) is 0 Å². The lowest BCUT2D eigenvalue weighted by atomic mass is 10.2. The molecular weight excluding hydrogens is 242 g/mol. The van der Waals surface area contributed by atoms with E-state index in [2.05, 4.69) is 0 Å². The molecule has 0 spiro atoms. The minimum Gasteiger partial charge on any atom is -0.492 e. The van der Waals surface area contributed by atoms with E-state index in [1.54, 1.807) is 18.2 Å². The first-order valence-electron chi connectivity index (χ1n) is 5.00. The highest BCUT2D eigenvalue weighted by Crippen LogP contribution is 2.25. The largest absolute Gasteiger partial charge is 0.492 e. The van der Waals surface area contributed by atoms with E-state index in [0.717, 1.165) is 0 Å². The van der Waals surface area contributed by atoms with Crippen molar-refractivity contribution in [2.75, 3.05) is 6.61 Å². The number of ether oxygens (including phenoxy) is 1. The van der Waals surface area contributed by atoms with Crippen LogP contribution in [0.2, 0.25) is 5.02 Å². The van der Waals surface area contributed by atoms with Crippen molar-refractivity contribution in [2.45, 2.75) is 12.8 Å². The lowest BCUT2D eigenvalue weighted by molar-refractivity contribution is -0.121. The Balaban J connectivity index is 2.50. The maximum Gasteiger partial charge on any atom is 0.234 e. The molecule has 3 N–H and O–H groups in total. The molecule has 0 bridgehead atoms. The predicted octanol–water partition coefficient (Wildman–Crippen LogP) is 1.36. The van der Waals surface area contributed by atoms with Gasteiger partial charge in [0.15, 0.2) is 0 Å². The average molecular weight is 254 g/mol. The minimum absolute atomic E-state index is 0.250. The summed E-state index contributed by atoms with van der Waals surface area (Å²) < 4.78 is 5.38. The first-order chi connectivity index (χ1) is 8.19. The van der Waals surface area contributed by atoms with Crippen molar-refractivity contribution < 1.29 is 9.53 Å². The number of nitrogens with one attached hydrogen (secondary N) is 1. The molecular formula is C11H12ClN3O2. The number of benzene rings is 1. The zero-order chi connectivity index (χ0) is 12.7. The molecule has 5 nitrogen and oxygen atoms in total. The first kappa shape index (κ1) is 13.3. The van der Waals surface area contributed by atoms with Gasteiger partial charge in [0.2, 0.25) is 5.91 Å². The number of hydrogen-bond donors (Lipinski definition) is 2. The van der Waals surface area contributed by atoms with Crippen LogP contribution in [0.3, 0.4) is 0 Å². The van der Waals surface area contributed by atoms with Crippen molar-refractivity contribution in [2.24, 2.45) is 5.84 Å². The summed E-state index contributed by atoms with van der Waals surface area (Å²) in [4.78, 5) is 10.8. The maximum absolute atomic E-state index is 10.8. The van der Waals surface area contributed by atoms with Crippen LogP contribution in [0, 0.1) is 11.3 Å². The summed E-state index contributed by atoms with van der Waals surface area (Å²) in [5, 5.41) is 9.24. The van der Waals surface area contributed by atoms with Gasteiger partial charge in [-0.1, -0.05) is 17.7 Å². The number of halogens is 1. The third-order valence-corrected chi connectivity index (χ3v) is 2.37. The van der Waals surface area contributed by atoms with E-state index >= 15 is 0 Å². The van der Waals surface area contributed by atoms with Crippen LogP contribution in [0.1, 0.15) is 18.4 Å². The molecule has 0 aromatic heterocycles. The second-order valence-corrected chi connectivity index (χ2v) is 3.65. The molecule has 0 aliphatic rings.